The SMILES string of the molecule is Cc1cccc(NC(=O)c2ccc3cccnc3c2)c1-c1cc(C(F)(F)F)nn1C. The van der Waals surface area contributed by atoms with E-state index in [1.165, 1.54) is 11.7 Å². The minimum Gasteiger partial charge on any atom is -0.321 e. The molecule has 2 aromatic carbocycles. The zero-order valence-corrected chi connectivity index (χ0v) is 16.2. The number of aryl methyl sites for hydroxylation is 2. The van der Waals surface area contributed by atoms with Crippen molar-refractivity contribution in [3.63, 3.8) is 0 Å². The number of anilines is 1. The minimum atomic E-state index is -4.56. The first-order valence-corrected chi connectivity index (χ1v) is 9.11. The smallest absolute Gasteiger partial charge is 0.321 e. The number of alkyl halides is 3. The first-order chi connectivity index (χ1) is 14.2. The second kappa shape index (κ2) is 7.29. The van der Waals surface area contributed by atoms with Crippen LogP contribution >= 0.6 is 0 Å². The van der Waals surface area contributed by atoms with Gasteiger partial charge in [-0.25, -0.2) is 0 Å². The third kappa shape index (κ3) is 3.63. The summed E-state index contributed by atoms with van der Waals surface area (Å²) in [6.45, 7) is 1.77. The Hall–Kier alpha value is -3.68. The van der Waals surface area contributed by atoms with Crippen LogP contribution in [-0.4, -0.2) is 20.7 Å². The highest BCUT2D eigenvalue weighted by Gasteiger charge is 2.35. The van der Waals surface area contributed by atoms with Gasteiger partial charge < -0.3 is 5.32 Å². The molecule has 0 aliphatic carbocycles. The van der Waals surface area contributed by atoms with Crippen molar-refractivity contribution < 1.29 is 18.0 Å². The van der Waals surface area contributed by atoms with Crippen molar-refractivity contribution in [3.8, 4) is 11.3 Å². The van der Waals surface area contributed by atoms with E-state index < -0.39 is 11.9 Å². The van der Waals surface area contributed by atoms with E-state index in [0.717, 1.165) is 11.5 Å². The number of halogens is 3. The topological polar surface area (TPSA) is 59.8 Å². The number of fused-ring (bicyclic) bond motifs is 1. The van der Waals surface area contributed by atoms with Gasteiger partial charge in [0.05, 0.1) is 16.9 Å². The van der Waals surface area contributed by atoms with Crippen LogP contribution in [0.4, 0.5) is 18.9 Å². The summed E-state index contributed by atoms with van der Waals surface area (Å²) in [6, 6.07) is 15.0. The lowest BCUT2D eigenvalue weighted by atomic mass is 10.0. The maximum Gasteiger partial charge on any atom is 0.435 e. The van der Waals surface area contributed by atoms with E-state index in [0.29, 0.717) is 27.9 Å². The van der Waals surface area contributed by atoms with E-state index >= 15 is 0 Å². The molecule has 0 bridgehead atoms. The summed E-state index contributed by atoms with van der Waals surface area (Å²) in [5.41, 5.74) is 1.94. The summed E-state index contributed by atoms with van der Waals surface area (Å²) in [5, 5.41) is 7.30. The summed E-state index contributed by atoms with van der Waals surface area (Å²) in [7, 11) is 1.44. The van der Waals surface area contributed by atoms with Crippen molar-refractivity contribution in [1.82, 2.24) is 14.8 Å². The van der Waals surface area contributed by atoms with Gasteiger partial charge in [-0.1, -0.05) is 24.3 Å². The molecular formula is C22H17F3N4O. The average Bonchev–Trinajstić information content (AvgIpc) is 3.09. The van der Waals surface area contributed by atoms with E-state index in [1.807, 2.05) is 12.1 Å². The van der Waals surface area contributed by atoms with Gasteiger partial charge in [0.2, 0.25) is 0 Å². The van der Waals surface area contributed by atoms with Crippen LogP contribution in [-0.2, 0) is 13.2 Å². The van der Waals surface area contributed by atoms with Gasteiger partial charge in [0.15, 0.2) is 5.69 Å². The zero-order chi connectivity index (χ0) is 21.5. The monoisotopic (exact) mass is 410 g/mol. The molecule has 8 heteroatoms. The second-order valence-electron chi connectivity index (χ2n) is 6.90. The van der Waals surface area contributed by atoms with Gasteiger partial charge in [0, 0.05) is 29.8 Å². The quantitative estimate of drug-likeness (QED) is 0.504. The first-order valence-electron chi connectivity index (χ1n) is 9.11. The number of hydrogen-bond acceptors (Lipinski definition) is 3. The Bertz CT molecular complexity index is 1260. The second-order valence-corrected chi connectivity index (χ2v) is 6.90. The largest absolute Gasteiger partial charge is 0.435 e. The number of hydrogen-bond donors (Lipinski definition) is 1. The molecule has 0 saturated carbocycles. The maximum atomic E-state index is 13.1. The summed E-state index contributed by atoms with van der Waals surface area (Å²) >= 11 is 0. The Morgan fingerprint density at radius 2 is 1.87 bits per heavy atom. The van der Waals surface area contributed by atoms with Crippen LogP contribution in [0.3, 0.4) is 0 Å². The molecule has 0 atom stereocenters. The predicted molar refractivity (Wildman–Crippen MR) is 108 cm³/mol. The summed E-state index contributed by atoms with van der Waals surface area (Å²) in [6.07, 6.45) is -2.91. The number of nitrogens with one attached hydrogen (secondary N) is 1. The number of carbonyl (C=O) groups excluding carboxylic acids is 1. The molecule has 1 N–H and O–H groups in total. The van der Waals surface area contributed by atoms with Gasteiger partial charge in [-0.3, -0.25) is 14.5 Å². The number of aromatic nitrogens is 3. The molecule has 1 amide bonds. The summed E-state index contributed by atoms with van der Waals surface area (Å²) < 4.78 is 40.5. The van der Waals surface area contributed by atoms with Crippen LogP contribution < -0.4 is 5.32 Å². The highest BCUT2D eigenvalue weighted by molar-refractivity contribution is 6.08. The van der Waals surface area contributed by atoms with E-state index in [-0.39, 0.29) is 11.6 Å². The van der Waals surface area contributed by atoms with Gasteiger partial charge in [0.25, 0.3) is 5.91 Å². The molecule has 0 saturated heterocycles. The standard InChI is InChI=1S/C22H17F3N4O/c1-13-5-3-7-16(20(13)18-12-19(22(23,24)25)28-29(18)2)27-21(30)15-9-8-14-6-4-10-26-17(14)11-15/h3-12H,1-2H3,(H,27,30). The summed E-state index contributed by atoms with van der Waals surface area (Å²) in [4.78, 5) is 17.1. The molecule has 4 aromatic rings. The molecule has 2 aromatic heterocycles. The van der Waals surface area contributed by atoms with E-state index in [1.54, 1.807) is 49.5 Å². The number of nitrogens with zero attached hydrogens (tertiary/aromatic N) is 3. The van der Waals surface area contributed by atoms with Gasteiger partial charge >= 0.3 is 6.18 Å². The van der Waals surface area contributed by atoms with Gasteiger partial charge in [-0.15, -0.1) is 0 Å². The molecule has 152 valence electrons. The van der Waals surface area contributed by atoms with Gasteiger partial charge in [-0.2, -0.15) is 18.3 Å². The third-order valence-electron chi connectivity index (χ3n) is 4.82. The molecule has 2 heterocycles. The van der Waals surface area contributed by atoms with E-state index in [2.05, 4.69) is 15.4 Å². The van der Waals surface area contributed by atoms with Gasteiger partial charge in [0.1, 0.15) is 0 Å². The molecule has 0 fully saturated rings. The Balaban J connectivity index is 1.73. The Morgan fingerprint density at radius 3 is 2.60 bits per heavy atom. The van der Waals surface area contributed by atoms with E-state index in [9.17, 15) is 18.0 Å². The van der Waals surface area contributed by atoms with Crippen LogP contribution in [0.25, 0.3) is 22.2 Å². The lowest BCUT2D eigenvalue weighted by molar-refractivity contribution is -0.141. The number of carbonyl (C=O) groups is 1. The fourth-order valence-corrected chi connectivity index (χ4v) is 3.35. The number of pyridine rings is 1. The Labute approximate surface area is 170 Å². The predicted octanol–water partition coefficient (Wildman–Crippen LogP) is 5.21. The number of benzene rings is 2. The molecular weight excluding hydrogens is 393 g/mol. The summed E-state index contributed by atoms with van der Waals surface area (Å²) in [5.74, 6) is -0.382. The Kier molecular flexibility index (Phi) is 4.77. The van der Waals surface area contributed by atoms with Crippen molar-refractivity contribution in [2.24, 2.45) is 7.05 Å². The molecule has 0 spiro atoms. The van der Waals surface area contributed by atoms with Crippen LogP contribution in [0.1, 0.15) is 21.6 Å². The highest BCUT2D eigenvalue weighted by atomic mass is 19.4. The lowest BCUT2D eigenvalue weighted by Gasteiger charge is -2.14. The Morgan fingerprint density at radius 1 is 1.07 bits per heavy atom. The van der Waals surface area contributed by atoms with E-state index in [4.69, 9.17) is 0 Å². The van der Waals surface area contributed by atoms with Crippen LogP contribution in [0.15, 0.2) is 60.8 Å². The molecule has 4 rings (SSSR count). The molecule has 0 aliphatic heterocycles. The van der Waals surface area contributed by atoms with Crippen LogP contribution in [0.5, 0.6) is 0 Å². The maximum absolute atomic E-state index is 13.1. The van der Waals surface area contributed by atoms with Crippen molar-refractivity contribution in [2.75, 3.05) is 5.32 Å². The van der Waals surface area contributed by atoms with Crippen molar-refractivity contribution in [3.05, 3.63) is 77.6 Å². The van der Waals surface area contributed by atoms with Crippen LogP contribution in [0.2, 0.25) is 0 Å². The molecule has 30 heavy (non-hydrogen) atoms. The number of rotatable bonds is 3. The molecule has 0 aliphatic rings. The molecule has 0 radical (unpaired) electrons. The highest BCUT2D eigenvalue weighted by Crippen LogP contribution is 2.36. The fourth-order valence-electron chi connectivity index (χ4n) is 3.35. The first kappa shape index (κ1) is 19.6. The van der Waals surface area contributed by atoms with Crippen molar-refractivity contribution >= 4 is 22.5 Å². The average molecular weight is 410 g/mol. The van der Waals surface area contributed by atoms with Gasteiger partial charge in [-0.05, 0) is 42.8 Å². The molecule has 0 unspecified atom stereocenters. The van der Waals surface area contributed by atoms with Crippen molar-refractivity contribution in [2.45, 2.75) is 13.1 Å². The zero-order valence-electron chi connectivity index (χ0n) is 16.2. The third-order valence-corrected chi connectivity index (χ3v) is 4.82. The lowest BCUT2D eigenvalue weighted by Crippen LogP contribution is -2.13. The van der Waals surface area contributed by atoms with Crippen LogP contribution in [0, 0.1) is 6.92 Å². The van der Waals surface area contributed by atoms with Crippen molar-refractivity contribution in [1.29, 1.82) is 0 Å². The molecule has 5 nitrogen and oxygen atoms in total. The number of amides is 1. The fraction of sp³-hybridized carbons (Fsp3) is 0.136. The normalized spacial score (nSPS) is 11.6. The minimum absolute atomic E-state index is 0.260.